The van der Waals surface area contributed by atoms with Crippen LogP contribution in [0.2, 0.25) is 0 Å². The molecule has 0 aliphatic rings. The van der Waals surface area contributed by atoms with Gasteiger partial charge in [-0.2, -0.15) is 0 Å². The van der Waals surface area contributed by atoms with Gasteiger partial charge < -0.3 is 14.6 Å². The fraction of sp³-hybridized carbons (Fsp3) is 0.500. The fourth-order valence-electron chi connectivity index (χ4n) is 1.93. The van der Waals surface area contributed by atoms with E-state index in [2.05, 4.69) is 4.74 Å². The van der Waals surface area contributed by atoms with Gasteiger partial charge in [-0.25, -0.2) is 13.6 Å². The third-order valence-corrected chi connectivity index (χ3v) is 2.86. The minimum absolute atomic E-state index is 0.0144. The molecule has 1 aromatic carbocycles. The Hall–Kier alpha value is -1.69. The van der Waals surface area contributed by atoms with Crippen molar-refractivity contribution >= 4 is 5.97 Å². The molecule has 0 saturated heterocycles. The van der Waals surface area contributed by atoms with Gasteiger partial charge in [0.1, 0.15) is 5.75 Å². The van der Waals surface area contributed by atoms with Crippen molar-refractivity contribution in [1.29, 1.82) is 0 Å². The van der Waals surface area contributed by atoms with Crippen LogP contribution in [0, 0.1) is 0 Å². The predicted molar refractivity (Wildman–Crippen MR) is 69.0 cm³/mol. The number of aliphatic hydroxyl groups excluding tert-OH is 1. The minimum Gasteiger partial charge on any atom is -0.497 e. The minimum atomic E-state index is -3.28. The predicted octanol–water partition coefficient (Wildman–Crippen LogP) is 2.36. The third kappa shape index (κ3) is 3.90. The topological polar surface area (TPSA) is 55.8 Å². The highest BCUT2D eigenvalue weighted by atomic mass is 19.3. The van der Waals surface area contributed by atoms with E-state index in [1.54, 1.807) is 0 Å². The summed E-state index contributed by atoms with van der Waals surface area (Å²) in [5, 5.41) is 9.84. The average molecular weight is 288 g/mol. The molecule has 0 bridgehead atoms. The summed E-state index contributed by atoms with van der Waals surface area (Å²) < 4.78 is 37.0. The highest BCUT2D eigenvalue weighted by Crippen LogP contribution is 2.37. The standard InChI is InChI=1S/C14H18F2O4/c1-4-20-13(18)12(17)11(14(2,15)16)9-5-7-10(19-3)8-6-9/h5-8,11-12,17H,4H2,1-3H3/t11-,12+/m1/s1. The molecule has 0 fully saturated rings. The van der Waals surface area contributed by atoms with Crippen molar-refractivity contribution in [3.8, 4) is 5.75 Å². The van der Waals surface area contributed by atoms with Crippen molar-refractivity contribution in [3.05, 3.63) is 29.8 Å². The lowest BCUT2D eigenvalue weighted by molar-refractivity contribution is -0.160. The number of ether oxygens (including phenoxy) is 2. The maximum atomic E-state index is 13.7. The van der Waals surface area contributed by atoms with Gasteiger partial charge in [0.2, 0.25) is 0 Å². The van der Waals surface area contributed by atoms with Crippen LogP contribution in [0.3, 0.4) is 0 Å². The average Bonchev–Trinajstić information content (AvgIpc) is 2.38. The maximum Gasteiger partial charge on any atom is 0.335 e. The Morgan fingerprint density at radius 1 is 1.35 bits per heavy atom. The Kier molecular flexibility index (Phi) is 5.44. The Bertz CT molecular complexity index is 439. The molecule has 1 rings (SSSR count). The van der Waals surface area contributed by atoms with Crippen LogP contribution < -0.4 is 4.74 Å². The summed E-state index contributed by atoms with van der Waals surface area (Å²) in [4.78, 5) is 11.5. The lowest BCUT2D eigenvalue weighted by Gasteiger charge is -2.27. The van der Waals surface area contributed by atoms with Gasteiger partial charge in [0, 0.05) is 6.92 Å². The summed E-state index contributed by atoms with van der Waals surface area (Å²) in [6.45, 7) is 2.21. The Morgan fingerprint density at radius 2 is 1.90 bits per heavy atom. The first kappa shape index (κ1) is 16.4. The zero-order chi connectivity index (χ0) is 15.3. The summed E-state index contributed by atoms with van der Waals surface area (Å²) in [5.74, 6) is -5.51. The van der Waals surface area contributed by atoms with E-state index < -0.39 is 23.9 Å². The molecule has 0 radical (unpaired) electrons. The van der Waals surface area contributed by atoms with Crippen LogP contribution in [0.5, 0.6) is 5.75 Å². The number of esters is 1. The maximum absolute atomic E-state index is 13.7. The van der Waals surface area contributed by atoms with Crippen molar-refractivity contribution in [2.24, 2.45) is 0 Å². The van der Waals surface area contributed by atoms with Crippen LogP contribution in [0.25, 0.3) is 0 Å². The van der Waals surface area contributed by atoms with Crippen LogP contribution in [0.4, 0.5) is 8.78 Å². The first-order valence-corrected chi connectivity index (χ1v) is 6.17. The van der Waals surface area contributed by atoms with Crippen molar-refractivity contribution in [2.75, 3.05) is 13.7 Å². The van der Waals surface area contributed by atoms with Gasteiger partial charge in [0.15, 0.2) is 6.10 Å². The molecule has 0 spiro atoms. The molecule has 0 unspecified atom stereocenters. The van der Waals surface area contributed by atoms with E-state index in [9.17, 15) is 18.7 Å². The molecule has 1 aromatic rings. The second-order valence-electron chi connectivity index (χ2n) is 4.40. The van der Waals surface area contributed by atoms with Crippen LogP contribution >= 0.6 is 0 Å². The van der Waals surface area contributed by atoms with Gasteiger partial charge in [-0.1, -0.05) is 12.1 Å². The number of carbonyl (C=O) groups excluding carboxylic acids is 1. The van der Waals surface area contributed by atoms with Crippen LogP contribution in [0.1, 0.15) is 25.3 Å². The van der Waals surface area contributed by atoms with Gasteiger partial charge in [-0.3, -0.25) is 0 Å². The van der Waals surface area contributed by atoms with Gasteiger partial charge >= 0.3 is 5.97 Å². The first-order chi connectivity index (χ1) is 9.31. The molecule has 0 heterocycles. The largest absolute Gasteiger partial charge is 0.497 e. The normalized spacial score (nSPS) is 14.5. The third-order valence-electron chi connectivity index (χ3n) is 2.86. The summed E-state index contributed by atoms with van der Waals surface area (Å²) >= 11 is 0. The number of halogens is 2. The van der Waals surface area contributed by atoms with E-state index in [1.165, 1.54) is 38.3 Å². The number of hydrogen-bond acceptors (Lipinski definition) is 4. The monoisotopic (exact) mass is 288 g/mol. The molecule has 4 nitrogen and oxygen atoms in total. The number of alkyl halides is 2. The van der Waals surface area contributed by atoms with Gasteiger partial charge in [-0.15, -0.1) is 0 Å². The van der Waals surface area contributed by atoms with E-state index in [-0.39, 0.29) is 12.2 Å². The van der Waals surface area contributed by atoms with Gasteiger partial charge in [0.25, 0.3) is 5.92 Å². The summed E-state index contributed by atoms with van der Waals surface area (Å²) in [6, 6.07) is 5.77. The number of aliphatic hydroxyl groups is 1. The highest BCUT2D eigenvalue weighted by Gasteiger charge is 2.44. The second kappa shape index (κ2) is 6.65. The SMILES string of the molecule is CCOC(=O)[C@@H](O)[C@@H](c1ccc(OC)cc1)C(C)(F)F. The van der Waals surface area contributed by atoms with Crippen molar-refractivity contribution in [1.82, 2.24) is 0 Å². The molecule has 0 amide bonds. The highest BCUT2D eigenvalue weighted by molar-refractivity contribution is 5.76. The Balaban J connectivity index is 3.08. The first-order valence-electron chi connectivity index (χ1n) is 6.17. The zero-order valence-corrected chi connectivity index (χ0v) is 11.6. The number of hydrogen-bond donors (Lipinski definition) is 1. The van der Waals surface area contributed by atoms with Crippen molar-refractivity contribution in [3.63, 3.8) is 0 Å². The molecule has 0 aliphatic heterocycles. The molecular formula is C14H18F2O4. The molecule has 112 valence electrons. The van der Waals surface area contributed by atoms with Crippen LogP contribution in [0.15, 0.2) is 24.3 Å². The van der Waals surface area contributed by atoms with Crippen molar-refractivity contribution < 1.29 is 28.2 Å². The summed E-state index contributed by atoms with van der Waals surface area (Å²) in [5.41, 5.74) is 0.138. The Labute approximate surface area is 116 Å². The van der Waals surface area contributed by atoms with E-state index in [0.29, 0.717) is 12.7 Å². The van der Waals surface area contributed by atoms with E-state index in [0.717, 1.165) is 0 Å². The summed E-state index contributed by atoms with van der Waals surface area (Å²) in [7, 11) is 1.45. The smallest absolute Gasteiger partial charge is 0.335 e. The number of methoxy groups -OCH3 is 1. The molecule has 0 saturated carbocycles. The lowest BCUT2D eigenvalue weighted by atomic mass is 9.88. The Morgan fingerprint density at radius 3 is 2.30 bits per heavy atom. The van der Waals surface area contributed by atoms with Gasteiger partial charge in [0.05, 0.1) is 19.6 Å². The second-order valence-corrected chi connectivity index (χ2v) is 4.40. The molecule has 6 heteroatoms. The van der Waals surface area contributed by atoms with E-state index >= 15 is 0 Å². The molecule has 2 atom stereocenters. The number of carbonyl (C=O) groups is 1. The lowest BCUT2D eigenvalue weighted by Crippen LogP contribution is -2.39. The fourth-order valence-corrected chi connectivity index (χ4v) is 1.93. The molecule has 20 heavy (non-hydrogen) atoms. The quantitative estimate of drug-likeness (QED) is 0.816. The molecule has 1 N–H and O–H groups in total. The molecule has 0 aromatic heterocycles. The van der Waals surface area contributed by atoms with Crippen LogP contribution in [-0.2, 0) is 9.53 Å². The van der Waals surface area contributed by atoms with E-state index in [1.807, 2.05) is 0 Å². The van der Waals surface area contributed by atoms with Crippen LogP contribution in [-0.4, -0.2) is 36.8 Å². The summed E-state index contributed by atoms with van der Waals surface area (Å²) in [6.07, 6.45) is -1.93. The van der Waals surface area contributed by atoms with Gasteiger partial charge in [-0.05, 0) is 24.6 Å². The van der Waals surface area contributed by atoms with E-state index in [4.69, 9.17) is 4.74 Å². The number of benzene rings is 1. The molecule has 0 aliphatic carbocycles. The number of rotatable bonds is 6. The molecular weight excluding hydrogens is 270 g/mol. The zero-order valence-electron chi connectivity index (χ0n) is 11.6. The van der Waals surface area contributed by atoms with Crippen molar-refractivity contribution in [2.45, 2.75) is 31.8 Å².